The number of carboxylic acid groups (broad SMARTS) is 1. The molecule has 1 aromatic carbocycles. The van der Waals surface area contributed by atoms with Crippen LogP contribution in [0.5, 0.6) is 0 Å². The fraction of sp³-hybridized carbons (Fsp3) is 0.583. The average Bonchev–Trinajstić information content (AvgIpc) is 3.30. The summed E-state index contributed by atoms with van der Waals surface area (Å²) in [6.45, 7) is 3.92. The summed E-state index contributed by atoms with van der Waals surface area (Å²) in [5, 5.41) is 15.0. The molecule has 0 radical (unpaired) electrons. The molecule has 0 aromatic heterocycles. The number of carboxylic acids is 1. The van der Waals surface area contributed by atoms with Crippen LogP contribution in [0, 0.1) is 5.92 Å². The lowest BCUT2D eigenvalue weighted by Gasteiger charge is -2.31. The lowest BCUT2D eigenvalue weighted by Crippen LogP contribution is -2.59. The molecule has 10 heteroatoms. The van der Waals surface area contributed by atoms with Gasteiger partial charge in [-0.25, -0.2) is 4.79 Å². The third-order valence-corrected chi connectivity index (χ3v) is 6.58. The minimum Gasteiger partial charge on any atom is -0.480 e. The Hall–Kier alpha value is -2.59. The van der Waals surface area contributed by atoms with Gasteiger partial charge in [-0.2, -0.15) is 11.8 Å². The van der Waals surface area contributed by atoms with E-state index < -0.39 is 47.9 Å². The van der Waals surface area contributed by atoms with E-state index >= 15 is 0 Å². The van der Waals surface area contributed by atoms with Crippen molar-refractivity contribution in [3.8, 4) is 0 Å². The molecule has 2 rings (SSSR count). The van der Waals surface area contributed by atoms with Gasteiger partial charge < -0.3 is 26.4 Å². The van der Waals surface area contributed by atoms with Crippen LogP contribution in [0.15, 0.2) is 30.3 Å². The molecule has 5 N–H and O–H groups in total. The van der Waals surface area contributed by atoms with Gasteiger partial charge in [0.2, 0.25) is 17.7 Å². The molecule has 0 aliphatic carbocycles. The largest absolute Gasteiger partial charge is 0.480 e. The average molecular weight is 493 g/mol. The number of benzene rings is 1. The van der Waals surface area contributed by atoms with Crippen molar-refractivity contribution in [1.82, 2.24) is 15.5 Å². The van der Waals surface area contributed by atoms with Crippen molar-refractivity contribution in [1.29, 1.82) is 0 Å². The van der Waals surface area contributed by atoms with Gasteiger partial charge in [-0.15, -0.1) is 0 Å². The second kappa shape index (κ2) is 13.3. The van der Waals surface area contributed by atoms with Gasteiger partial charge in [0.15, 0.2) is 0 Å². The zero-order chi connectivity index (χ0) is 25.3. The van der Waals surface area contributed by atoms with Crippen molar-refractivity contribution in [2.24, 2.45) is 11.7 Å². The number of hydrogen-bond donors (Lipinski definition) is 4. The second-order valence-electron chi connectivity index (χ2n) is 8.90. The van der Waals surface area contributed by atoms with Gasteiger partial charge >= 0.3 is 5.97 Å². The number of carbonyl (C=O) groups is 4. The molecule has 34 heavy (non-hydrogen) atoms. The Bertz CT molecular complexity index is 851. The van der Waals surface area contributed by atoms with E-state index in [1.165, 1.54) is 4.90 Å². The molecule has 1 aromatic rings. The standard InChI is InChI=1S/C24H36N4O5S/c1-15(2)20(23(31)28-12-7-10-19(28)24(32)33)27-22(30)18(14-16-8-5-4-6-9-16)26-21(29)17(25)11-13-34-3/h4-6,8-9,15,17-20H,7,10-14,25H2,1-3H3,(H,26,29)(H,27,30)(H,32,33). The van der Waals surface area contributed by atoms with Crippen molar-refractivity contribution >= 4 is 35.5 Å². The smallest absolute Gasteiger partial charge is 0.326 e. The van der Waals surface area contributed by atoms with E-state index in [1.807, 2.05) is 36.6 Å². The SMILES string of the molecule is CSCCC(N)C(=O)NC(Cc1ccccc1)C(=O)NC(C(=O)N1CCCC1C(=O)O)C(C)C. The Labute approximate surface area is 205 Å². The molecule has 1 aliphatic heterocycles. The Balaban J connectivity index is 2.19. The fourth-order valence-corrected chi connectivity index (χ4v) is 4.44. The van der Waals surface area contributed by atoms with Gasteiger partial charge in [0, 0.05) is 13.0 Å². The molecule has 4 atom stereocenters. The maximum Gasteiger partial charge on any atom is 0.326 e. The first-order valence-corrected chi connectivity index (χ1v) is 13.0. The summed E-state index contributed by atoms with van der Waals surface area (Å²) in [4.78, 5) is 52.1. The first-order valence-electron chi connectivity index (χ1n) is 11.6. The van der Waals surface area contributed by atoms with Crippen molar-refractivity contribution in [2.75, 3.05) is 18.6 Å². The zero-order valence-electron chi connectivity index (χ0n) is 20.0. The molecular weight excluding hydrogens is 456 g/mol. The third-order valence-electron chi connectivity index (χ3n) is 5.94. The molecule has 1 fully saturated rings. The summed E-state index contributed by atoms with van der Waals surface area (Å²) in [6, 6.07) is 5.78. The Kier molecular flexibility index (Phi) is 10.8. The van der Waals surface area contributed by atoms with Gasteiger partial charge in [0.05, 0.1) is 6.04 Å². The Morgan fingerprint density at radius 3 is 2.41 bits per heavy atom. The second-order valence-corrected chi connectivity index (χ2v) is 9.88. The van der Waals surface area contributed by atoms with Crippen LogP contribution in [0.2, 0.25) is 0 Å². The zero-order valence-corrected chi connectivity index (χ0v) is 20.8. The monoisotopic (exact) mass is 492 g/mol. The molecular formula is C24H36N4O5S. The van der Waals surface area contributed by atoms with Gasteiger partial charge in [0.1, 0.15) is 18.1 Å². The highest BCUT2D eigenvalue weighted by molar-refractivity contribution is 7.98. The summed E-state index contributed by atoms with van der Waals surface area (Å²) >= 11 is 1.58. The highest BCUT2D eigenvalue weighted by atomic mass is 32.2. The molecule has 0 bridgehead atoms. The summed E-state index contributed by atoms with van der Waals surface area (Å²) < 4.78 is 0. The first kappa shape index (κ1) is 27.7. The molecule has 1 heterocycles. The minimum absolute atomic E-state index is 0.230. The number of aliphatic carboxylic acids is 1. The lowest BCUT2D eigenvalue weighted by atomic mass is 10.00. The normalized spacial score (nSPS) is 18.3. The topological polar surface area (TPSA) is 142 Å². The maximum absolute atomic E-state index is 13.3. The van der Waals surface area contributed by atoms with Crippen LogP contribution >= 0.6 is 11.8 Å². The molecule has 1 saturated heterocycles. The molecule has 0 saturated carbocycles. The highest BCUT2D eigenvalue weighted by Gasteiger charge is 2.39. The number of nitrogens with zero attached hydrogens (tertiary/aromatic N) is 1. The Morgan fingerprint density at radius 1 is 1.15 bits per heavy atom. The van der Waals surface area contributed by atoms with Crippen LogP contribution < -0.4 is 16.4 Å². The molecule has 4 unspecified atom stereocenters. The number of hydrogen-bond acceptors (Lipinski definition) is 6. The summed E-state index contributed by atoms with van der Waals surface area (Å²) in [6.07, 6.45) is 3.62. The van der Waals surface area contributed by atoms with Crippen LogP contribution in [-0.4, -0.2) is 76.4 Å². The molecule has 188 valence electrons. The third kappa shape index (κ3) is 7.73. The van der Waals surface area contributed by atoms with Crippen molar-refractivity contribution in [3.63, 3.8) is 0 Å². The van der Waals surface area contributed by atoms with E-state index in [4.69, 9.17) is 5.73 Å². The summed E-state index contributed by atoms with van der Waals surface area (Å²) in [5.74, 6) is -1.96. The summed E-state index contributed by atoms with van der Waals surface area (Å²) in [7, 11) is 0. The van der Waals surface area contributed by atoms with Gasteiger partial charge in [-0.3, -0.25) is 14.4 Å². The van der Waals surface area contributed by atoms with Crippen molar-refractivity contribution in [3.05, 3.63) is 35.9 Å². The highest BCUT2D eigenvalue weighted by Crippen LogP contribution is 2.20. The van der Waals surface area contributed by atoms with E-state index in [-0.39, 0.29) is 12.3 Å². The van der Waals surface area contributed by atoms with Crippen molar-refractivity contribution < 1.29 is 24.3 Å². The Morgan fingerprint density at radius 2 is 1.82 bits per heavy atom. The number of nitrogens with one attached hydrogen (secondary N) is 2. The quantitative estimate of drug-likeness (QED) is 0.341. The maximum atomic E-state index is 13.3. The number of amides is 3. The van der Waals surface area contributed by atoms with Crippen LogP contribution in [0.1, 0.15) is 38.7 Å². The van der Waals surface area contributed by atoms with Crippen LogP contribution in [0.25, 0.3) is 0 Å². The molecule has 3 amide bonds. The minimum atomic E-state index is -1.05. The van der Waals surface area contributed by atoms with E-state index in [1.54, 1.807) is 25.6 Å². The van der Waals surface area contributed by atoms with E-state index in [0.717, 1.165) is 5.56 Å². The van der Waals surface area contributed by atoms with Gasteiger partial charge in [-0.05, 0) is 42.8 Å². The van der Waals surface area contributed by atoms with Crippen LogP contribution in [-0.2, 0) is 25.6 Å². The first-order chi connectivity index (χ1) is 16.1. The predicted octanol–water partition coefficient (Wildman–Crippen LogP) is 1.01. The molecule has 1 aliphatic rings. The van der Waals surface area contributed by atoms with Gasteiger partial charge in [0.25, 0.3) is 0 Å². The number of nitrogens with two attached hydrogens (primary N) is 1. The lowest BCUT2D eigenvalue weighted by molar-refractivity contribution is -0.150. The van der Waals surface area contributed by atoms with E-state index in [9.17, 15) is 24.3 Å². The molecule has 9 nitrogen and oxygen atoms in total. The summed E-state index contributed by atoms with van der Waals surface area (Å²) in [5.41, 5.74) is 6.84. The molecule has 0 spiro atoms. The number of rotatable bonds is 12. The van der Waals surface area contributed by atoms with E-state index in [0.29, 0.717) is 31.6 Å². The van der Waals surface area contributed by atoms with Gasteiger partial charge in [-0.1, -0.05) is 44.2 Å². The van der Waals surface area contributed by atoms with E-state index in [2.05, 4.69) is 10.6 Å². The fourth-order valence-electron chi connectivity index (χ4n) is 3.95. The van der Waals surface area contributed by atoms with Crippen LogP contribution in [0.4, 0.5) is 0 Å². The predicted molar refractivity (Wildman–Crippen MR) is 132 cm³/mol. The number of likely N-dealkylation sites (tertiary alicyclic amines) is 1. The number of thioether (sulfide) groups is 1. The number of carbonyl (C=O) groups excluding carboxylic acids is 3. The van der Waals surface area contributed by atoms with Crippen LogP contribution in [0.3, 0.4) is 0 Å². The van der Waals surface area contributed by atoms with Crippen molar-refractivity contribution in [2.45, 2.75) is 63.7 Å².